The molecule has 1 unspecified atom stereocenters. The van der Waals surface area contributed by atoms with Gasteiger partial charge in [0.15, 0.2) is 17.3 Å². The second kappa shape index (κ2) is 5.39. The Morgan fingerprint density at radius 2 is 1.87 bits per heavy atom. The second-order valence-electron chi connectivity index (χ2n) is 5.41. The summed E-state index contributed by atoms with van der Waals surface area (Å²) in [5.74, 6) is -0.193. The summed E-state index contributed by atoms with van der Waals surface area (Å²) in [6, 6.07) is 5.64. The molecular formula is C17H16O6. The van der Waals surface area contributed by atoms with Crippen LogP contribution in [0.2, 0.25) is 0 Å². The number of benzene rings is 2. The number of ether oxygens (including phenoxy) is 2. The molecule has 23 heavy (non-hydrogen) atoms. The highest BCUT2D eigenvalue weighted by Gasteiger charge is 2.32. The second-order valence-corrected chi connectivity index (χ2v) is 5.41. The average Bonchev–Trinajstić information content (AvgIpc) is 2.51. The topological polar surface area (TPSA) is 96.2 Å². The van der Waals surface area contributed by atoms with Gasteiger partial charge in [-0.25, -0.2) is 0 Å². The van der Waals surface area contributed by atoms with E-state index in [4.69, 9.17) is 9.47 Å². The summed E-state index contributed by atoms with van der Waals surface area (Å²) in [4.78, 5) is 12.5. The maximum atomic E-state index is 12.5. The summed E-state index contributed by atoms with van der Waals surface area (Å²) in [7, 11) is 1.43. The third kappa shape index (κ3) is 2.42. The highest BCUT2D eigenvalue weighted by molar-refractivity contribution is 6.03. The summed E-state index contributed by atoms with van der Waals surface area (Å²) >= 11 is 0. The minimum absolute atomic E-state index is 0.0254. The van der Waals surface area contributed by atoms with Crippen LogP contribution in [0.25, 0.3) is 0 Å². The van der Waals surface area contributed by atoms with Gasteiger partial charge in [-0.2, -0.15) is 0 Å². The fourth-order valence-electron chi connectivity index (χ4n) is 2.72. The summed E-state index contributed by atoms with van der Waals surface area (Å²) in [5.41, 5.74) is 1.34. The van der Waals surface area contributed by atoms with E-state index < -0.39 is 6.10 Å². The monoisotopic (exact) mass is 316 g/mol. The molecule has 0 bridgehead atoms. The van der Waals surface area contributed by atoms with Crippen molar-refractivity contribution in [2.75, 3.05) is 7.11 Å². The van der Waals surface area contributed by atoms with Gasteiger partial charge >= 0.3 is 0 Å². The Morgan fingerprint density at radius 3 is 2.52 bits per heavy atom. The van der Waals surface area contributed by atoms with Crippen LogP contribution in [0.5, 0.6) is 28.7 Å². The van der Waals surface area contributed by atoms with Gasteiger partial charge < -0.3 is 24.8 Å². The van der Waals surface area contributed by atoms with E-state index in [1.807, 2.05) is 0 Å². The first-order chi connectivity index (χ1) is 10.9. The van der Waals surface area contributed by atoms with Crippen LogP contribution in [0.4, 0.5) is 0 Å². The van der Waals surface area contributed by atoms with Crippen LogP contribution in [-0.4, -0.2) is 28.2 Å². The van der Waals surface area contributed by atoms with Crippen LogP contribution in [-0.2, 0) is 0 Å². The van der Waals surface area contributed by atoms with Crippen molar-refractivity contribution in [3.63, 3.8) is 0 Å². The minimum Gasteiger partial charge on any atom is -0.507 e. The lowest BCUT2D eigenvalue weighted by atomic mass is 9.93. The smallest absolute Gasteiger partial charge is 0.174 e. The molecule has 2 aromatic carbocycles. The van der Waals surface area contributed by atoms with Gasteiger partial charge in [0, 0.05) is 11.6 Å². The van der Waals surface area contributed by atoms with E-state index in [1.54, 1.807) is 13.0 Å². The van der Waals surface area contributed by atoms with Crippen molar-refractivity contribution in [3.8, 4) is 28.7 Å². The fraction of sp³-hybridized carbons (Fsp3) is 0.235. The van der Waals surface area contributed by atoms with Crippen LogP contribution in [0, 0.1) is 6.92 Å². The third-order valence-electron chi connectivity index (χ3n) is 3.96. The molecule has 0 saturated carbocycles. The lowest BCUT2D eigenvalue weighted by Gasteiger charge is -2.27. The predicted octanol–water partition coefficient (Wildman–Crippen LogP) is 2.83. The molecule has 120 valence electrons. The number of hydrogen-bond acceptors (Lipinski definition) is 6. The molecule has 6 nitrogen and oxygen atoms in total. The largest absolute Gasteiger partial charge is 0.507 e. The number of fused-ring (bicyclic) bond motifs is 1. The number of phenols is 3. The maximum absolute atomic E-state index is 12.5. The van der Waals surface area contributed by atoms with Crippen LogP contribution in [0.1, 0.15) is 34.0 Å². The van der Waals surface area contributed by atoms with Gasteiger partial charge in [0.25, 0.3) is 0 Å². The van der Waals surface area contributed by atoms with Crippen molar-refractivity contribution in [1.29, 1.82) is 0 Å². The van der Waals surface area contributed by atoms with E-state index in [0.717, 1.165) is 0 Å². The zero-order chi connectivity index (χ0) is 16.7. The molecule has 0 saturated heterocycles. The van der Waals surface area contributed by atoms with E-state index in [9.17, 15) is 20.1 Å². The number of ketones is 1. The molecule has 1 atom stereocenters. The molecule has 0 spiro atoms. The Morgan fingerprint density at radius 1 is 1.13 bits per heavy atom. The molecule has 0 radical (unpaired) electrons. The van der Waals surface area contributed by atoms with E-state index in [0.29, 0.717) is 22.4 Å². The lowest BCUT2D eigenvalue weighted by molar-refractivity contribution is 0.0843. The summed E-state index contributed by atoms with van der Waals surface area (Å²) in [6.45, 7) is 1.66. The van der Waals surface area contributed by atoms with Crippen molar-refractivity contribution in [3.05, 3.63) is 41.0 Å². The first-order valence-electron chi connectivity index (χ1n) is 7.04. The van der Waals surface area contributed by atoms with Crippen molar-refractivity contribution in [1.82, 2.24) is 0 Å². The van der Waals surface area contributed by atoms with E-state index in [1.165, 1.54) is 25.3 Å². The van der Waals surface area contributed by atoms with E-state index >= 15 is 0 Å². The number of carbonyl (C=O) groups is 1. The van der Waals surface area contributed by atoms with Crippen LogP contribution in [0.15, 0.2) is 24.3 Å². The molecule has 0 amide bonds. The quantitative estimate of drug-likeness (QED) is 0.737. The number of hydrogen-bond donors (Lipinski definition) is 3. The number of rotatable bonds is 2. The highest BCUT2D eigenvalue weighted by Crippen LogP contribution is 2.45. The Kier molecular flexibility index (Phi) is 3.52. The third-order valence-corrected chi connectivity index (χ3v) is 3.96. The number of aromatic hydroxyl groups is 3. The first kappa shape index (κ1) is 15.0. The molecule has 2 aromatic rings. The number of methoxy groups -OCH3 is 1. The van der Waals surface area contributed by atoms with Crippen molar-refractivity contribution >= 4 is 5.78 Å². The van der Waals surface area contributed by atoms with Gasteiger partial charge in [-0.15, -0.1) is 0 Å². The van der Waals surface area contributed by atoms with Gasteiger partial charge in [-0.3, -0.25) is 4.79 Å². The molecule has 3 N–H and O–H groups in total. The Labute approximate surface area is 132 Å². The minimum atomic E-state index is -0.617. The highest BCUT2D eigenvalue weighted by atomic mass is 16.5. The normalized spacial score (nSPS) is 16.6. The van der Waals surface area contributed by atoms with Crippen molar-refractivity contribution in [2.24, 2.45) is 0 Å². The zero-order valence-corrected chi connectivity index (χ0v) is 12.7. The van der Waals surface area contributed by atoms with Gasteiger partial charge in [-0.1, -0.05) is 6.07 Å². The zero-order valence-electron chi connectivity index (χ0n) is 12.7. The average molecular weight is 316 g/mol. The molecule has 1 aliphatic heterocycles. The Balaban J connectivity index is 2.05. The first-order valence-corrected chi connectivity index (χ1v) is 7.04. The summed E-state index contributed by atoms with van der Waals surface area (Å²) in [5, 5.41) is 29.0. The molecule has 0 fully saturated rings. The van der Waals surface area contributed by atoms with Gasteiger partial charge in [0.2, 0.25) is 0 Å². The molecule has 0 aromatic heterocycles. The predicted molar refractivity (Wildman–Crippen MR) is 81.5 cm³/mol. The molecule has 1 heterocycles. The number of Topliss-reactive ketones (excluding diaryl/α,β-unsaturated/α-hetero) is 1. The molecule has 3 rings (SSSR count). The van der Waals surface area contributed by atoms with Gasteiger partial charge in [0.1, 0.15) is 28.9 Å². The van der Waals surface area contributed by atoms with Gasteiger partial charge in [-0.05, 0) is 24.6 Å². The maximum Gasteiger partial charge on any atom is 0.174 e. The standard InChI is InChI=1S/C17H16O6/c1-8-11(19)6-15-16(17(8)22-2)13(21)7-14(23-15)9-3-4-10(18)12(20)5-9/h3-6,14,18-20H,7H2,1-2H3. The molecule has 1 aliphatic rings. The number of phenolic OH excluding ortho intramolecular Hbond substituents is 3. The van der Waals surface area contributed by atoms with E-state index in [-0.39, 0.29) is 35.2 Å². The van der Waals surface area contributed by atoms with Crippen molar-refractivity contribution in [2.45, 2.75) is 19.4 Å². The van der Waals surface area contributed by atoms with Crippen LogP contribution >= 0.6 is 0 Å². The fourth-order valence-corrected chi connectivity index (χ4v) is 2.72. The van der Waals surface area contributed by atoms with E-state index in [2.05, 4.69) is 0 Å². The Bertz CT molecular complexity index is 796. The van der Waals surface area contributed by atoms with Crippen LogP contribution < -0.4 is 9.47 Å². The molecule has 6 heteroatoms. The summed E-state index contributed by atoms with van der Waals surface area (Å²) in [6.07, 6.45) is -0.550. The number of carbonyl (C=O) groups excluding carboxylic acids is 1. The van der Waals surface area contributed by atoms with Crippen LogP contribution in [0.3, 0.4) is 0 Å². The molecular weight excluding hydrogens is 300 g/mol. The SMILES string of the molecule is COc1c(C)c(O)cc2c1C(=O)CC(c1ccc(O)c(O)c1)O2. The van der Waals surface area contributed by atoms with Gasteiger partial charge in [0.05, 0.1) is 13.5 Å². The lowest BCUT2D eigenvalue weighted by Crippen LogP contribution is -2.21. The molecule has 0 aliphatic carbocycles. The summed E-state index contributed by atoms with van der Waals surface area (Å²) < 4.78 is 11.0. The Hall–Kier alpha value is -2.89. The van der Waals surface area contributed by atoms with Crippen molar-refractivity contribution < 1.29 is 29.6 Å².